The van der Waals surface area contributed by atoms with Gasteiger partial charge in [0.2, 0.25) is 0 Å². The molecule has 1 N–H and O–H groups in total. The SMILES string of the molecule is N#CC1(Cc2cccc(O)c2)CCCC1=O. The summed E-state index contributed by atoms with van der Waals surface area (Å²) in [5.74, 6) is 0.217. The van der Waals surface area contributed by atoms with Crippen LogP contribution < -0.4 is 0 Å². The van der Waals surface area contributed by atoms with Gasteiger partial charge in [0.05, 0.1) is 6.07 Å². The van der Waals surface area contributed by atoms with Crippen LogP contribution in [-0.4, -0.2) is 10.9 Å². The number of hydrogen-bond donors (Lipinski definition) is 1. The summed E-state index contributed by atoms with van der Waals surface area (Å²) in [6.07, 6.45) is 2.35. The largest absolute Gasteiger partial charge is 0.508 e. The molecular formula is C13H13NO2. The number of ketones is 1. The number of hydrogen-bond acceptors (Lipinski definition) is 3. The van der Waals surface area contributed by atoms with Gasteiger partial charge in [0.25, 0.3) is 0 Å². The third-order valence-corrected chi connectivity index (χ3v) is 3.17. The predicted octanol–water partition coefficient (Wildman–Crippen LogP) is 2.20. The van der Waals surface area contributed by atoms with Gasteiger partial charge >= 0.3 is 0 Å². The second-order valence-corrected chi connectivity index (χ2v) is 4.32. The van der Waals surface area contributed by atoms with Crippen LogP contribution >= 0.6 is 0 Å². The van der Waals surface area contributed by atoms with Crippen molar-refractivity contribution < 1.29 is 9.90 Å². The lowest BCUT2D eigenvalue weighted by Crippen LogP contribution is -2.26. The number of carbonyl (C=O) groups excluding carboxylic acids is 1. The fourth-order valence-electron chi connectivity index (χ4n) is 2.29. The smallest absolute Gasteiger partial charge is 0.153 e. The normalized spacial score (nSPS) is 24.3. The van der Waals surface area contributed by atoms with Crippen molar-refractivity contribution in [1.82, 2.24) is 0 Å². The molecule has 1 atom stereocenters. The summed E-state index contributed by atoms with van der Waals surface area (Å²) in [5.41, 5.74) is -0.00912. The third kappa shape index (κ3) is 1.79. The Morgan fingerprint density at radius 3 is 2.88 bits per heavy atom. The third-order valence-electron chi connectivity index (χ3n) is 3.17. The number of carbonyl (C=O) groups is 1. The van der Waals surface area contributed by atoms with Gasteiger partial charge in [-0.05, 0) is 37.0 Å². The van der Waals surface area contributed by atoms with Crippen molar-refractivity contribution in [3.8, 4) is 11.8 Å². The summed E-state index contributed by atoms with van der Waals surface area (Å²) < 4.78 is 0. The highest BCUT2D eigenvalue weighted by atomic mass is 16.3. The number of phenolic OH excluding ortho intramolecular Hbond substituents is 1. The molecule has 2 rings (SSSR count). The average molecular weight is 215 g/mol. The molecule has 82 valence electrons. The van der Waals surface area contributed by atoms with Crippen molar-refractivity contribution in [2.24, 2.45) is 5.41 Å². The van der Waals surface area contributed by atoms with E-state index in [1.165, 1.54) is 0 Å². The molecule has 0 amide bonds. The highest BCUT2D eigenvalue weighted by Gasteiger charge is 2.42. The van der Waals surface area contributed by atoms with Crippen LogP contribution in [0.15, 0.2) is 24.3 Å². The number of rotatable bonds is 2. The van der Waals surface area contributed by atoms with E-state index in [0.29, 0.717) is 19.3 Å². The van der Waals surface area contributed by atoms with E-state index in [1.807, 2.05) is 6.07 Å². The first-order chi connectivity index (χ1) is 7.66. The molecule has 1 fully saturated rings. The minimum atomic E-state index is -0.853. The van der Waals surface area contributed by atoms with Gasteiger partial charge in [-0.2, -0.15) is 5.26 Å². The fraction of sp³-hybridized carbons (Fsp3) is 0.385. The maximum absolute atomic E-state index is 11.7. The minimum absolute atomic E-state index is 0.0401. The average Bonchev–Trinajstić information content (AvgIpc) is 2.61. The van der Waals surface area contributed by atoms with Gasteiger partial charge in [0.15, 0.2) is 5.78 Å². The van der Waals surface area contributed by atoms with E-state index >= 15 is 0 Å². The van der Waals surface area contributed by atoms with Crippen LogP contribution in [0.3, 0.4) is 0 Å². The highest BCUT2D eigenvalue weighted by molar-refractivity contribution is 5.89. The summed E-state index contributed by atoms with van der Waals surface area (Å²) >= 11 is 0. The molecule has 0 aromatic heterocycles. The zero-order valence-electron chi connectivity index (χ0n) is 8.94. The molecule has 1 aliphatic rings. The molecule has 16 heavy (non-hydrogen) atoms. The summed E-state index contributed by atoms with van der Waals surface area (Å²) in [6, 6.07) is 8.93. The van der Waals surface area contributed by atoms with E-state index in [1.54, 1.807) is 18.2 Å². The molecule has 3 heteroatoms. The van der Waals surface area contributed by atoms with Gasteiger partial charge in [-0.3, -0.25) is 4.79 Å². The lowest BCUT2D eigenvalue weighted by Gasteiger charge is -2.18. The molecule has 0 saturated heterocycles. The number of nitrogens with zero attached hydrogens (tertiary/aromatic N) is 1. The van der Waals surface area contributed by atoms with E-state index in [2.05, 4.69) is 6.07 Å². The van der Waals surface area contributed by atoms with Crippen molar-refractivity contribution in [3.05, 3.63) is 29.8 Å². The maximum atomic E-state index is 11.7. The van der Waals surface area contributed by atoms with Crippen LogP contribution in [0.25, 0.3) is 0 Å². The zero-order chi connectivity index (χ0) is 11.6. The molecule has 1 saturated carbocycles. The van der Waals surface area contributed by atoms with Crippen molar-refractivity contribution in [2.45, 2.75) is 25.7 Å². The van der Waals surface area contributed by atoms with Crippen molar-refractivity contribution in [1.29, 1.82) is 5.26 Å². The number of Topliss-reactive ketones (excluding diaryl/α,β-unsaturated/α-hetero) is 1. The summed E-state index contributed by atoms with van der Waals surface area (Å²) in [4.78, 5) is 11.7. The van der Waals surface area contributed by atoms with Crippen molar-refractivity contribution in [2.75, 3.05) is 0 Å². The molecule has 3 nitrogen and oxygen atoms in total. The number of nitriles is 1. The van der Waals surface area contributed by atoms with Gasteiger partial charge in [0.1, 0.15) is 11.2 Å². The Morgan fingerprint density at radius 1 is 1.50 bits per heavy atom. The molecular weight excluding hydrogens is 202 g/mol. The standard InChI is InChI=1S/C13H13NO2/c14-9-13(6-2-5-12(13)16)8-10-3-1-4-11(15)7-10/h1,3-4,7,15H,2,5-6,8H2. The van der Waals surface area contributed by atoms with Gasteiger partial charge < -0.3 is 5.11 Å². The van der Waals surface area contributed by atoms with Gasteiger partial charge in [-0.1, -0.05) is 12.1 Å². The Labute approximate surface area is 94.3 Å². The summed E-state index contributed by atoms with van der Waals surface area (Å²) in [5, 5.41) is 18.5. The number of aromatic hydroxyl groups is 1. The monoisotopic (exact) mass is 215 g/mol. The second-order valence-electron chi connectivity index (χ2n) is 4.32. The van der Waals surface area contributed by atoms with Gasteiger partial charge in [0, 0.05) is 6.42 Å². The molecule has 1 aromatic rings. The summed E-state index contributed by atoms with van der Waals surface area (Å²) in [6.45, 7) is 0. The Morgan fingerprint density at radius 2 is 2.31 bits per heavy atom. The summed E-state index contributed by atoms with van der Waals surface area (Å²) in [7, 11) is 0. The van der Waals surface area contributed by atoms with E-state index in [0.717, 1.165) is 12.0 Å². The topological polar surface area (TPSA) is 61.1 Å². The first-order valence-electron chi connectivity index (χ1n) is 5.39. The van der Waals surface area contributed by atoms with Crippen LogP contribution in [0.1, 0.15) is 24.8 Å². The minimum Gasteiger partial charge on any atom is -0.508 e. The molecule has 0 spiro atoms. The zero-order valence-corrected chi connectivity index (χ0v) is 8.94. The van der Waals surface area contributed by atoms with Crippen LogP contribution in [0.2, 0.25) is 0 Å². The van der Waals surface area contributed by atoms with E-state index in [4.69, 9.17) is 0 Å². The maximum Gasteiger partial charge on any atom is 0.153 e. The predicted molar refractivity (Wildman–Crippen MR) is 58.7 cm³/mol. The molecule has 0 radical (unpaired) electrons. The van der Waals surface area contributed by atoms with E-state index in [9.17, 15) is 15.2 Å². The van der Waals surface area contributed by atoms with E-state index in [-0.39, 0.29) is 11.5 Å². The second kappa shape index (κ2) is 3.97. The fourth-order valence-corrected chi connectivity index (χ4v) is 2.29. The quantitative estimate of drug-likeness (QED) is 0.822. The number of phenols is 1. The van der Waals surface area contributed by atoms with Crippen LogP contribution in [-0.2, 0) is 11.2 Å². The van der Waals surface area contributed by atoms with Gasteiger partial charge in [-0.15, -0.1) is 0 Å². The first-order valence-corrected chi connectivity index (χ1v) is 5.39. The number of benzene rings is 1. The van der Waals surface area contributed by atoms with Gasteiger partial charge in [-0.25, -0.2) is 0 Å². The van der Waals surface area contributed by atoms with Crippen LogP contribution in [0.5, 0.6) is 5.75 Å². The van der Waals surface area contributed by atoms with E-state index < -0.39 is 5.41 Å². The molecule has 0 aliphatic heterocycles. The highest BCUT2D eigenvalue weighted by Crippen LogP contribution is 2.37. The van der Waals surface area contributed by atoms with Crippen LogP contribution in [0, 0.1) is 16.7 Å². The first kappa shape index (κ1) is 10.7. The molecule has 1 aliphatic carbocycles. The molecule has 0 bridgehead atoms. The molecule has 1 unspecified atom stereocenters. The Hall–Kier alpha value is -1.82. The van der Waals surface area contributed by atoms with Crippen molar-refractivity contribution in [3.63, 3.8) is 0 Å². The molecule has 0 heterocycles. The Bertz CT molecular complexity index is 461. The lowest BCUT2D eigenvalue weighted by atomic mass is 9.81. The van der Waals surface area contributed by atoms with Crippen molar-refractivity contribution >= 4 is 5.78 Å². The lowest BCUT2D eigenvalue weighted by molar-refractivity contribution is -0.123. The van der Waals surface area contributed by atoms with Crippen LogP contribution in [0.4, 0.5) is 0 Å². The molecule has 1 aromatic carbocycles. The Kier molecular flexibility index (Phi) is 2.66. The Balaban J connectivity index is 2.26.